The molecule has 148 valence electrons. The van der Waals surface area contributed by atoms with Crippen LogP contribution in [-0.4, -0.2) is 35.4 Å². The molecule has 2 aromatic rings. The van der Waals surface area contributed by atoms with Crippen LogP contribution in [0.5, 0.6) is 0 Å². The van der Waals surface area contributed by atoms with Crippen molar-refractivity contribution in [2.75, 3.05) is 13.7 Å². The summed E-state index contributed by atoms with van der Waals surface area (Å²) in [5.74, 6) is 0.835. The maximum Gasteiger partial charge on any atom is 0.191 e. The smallest absolute Gasteiger partial charge is 0.191 e. The first-order valence-corrected chi connectivity index (χ1v) is 9.55. The van der Waals surface area contributed by atoms with Gasteiger partial charge in [0.25, 0.3) is 0 Å². The Morgan fingerprint density at radius 2 is 2.04 bits per heavy atom. The monoisotopic (exact) mass is 371 g/mol. The highest BCUT2D eigenvalue weighted by molar-refractivity contribution is 5.80. The van der Waals surface area contributed by atoms with Gasteiger partial charge in [0.2, 0.25) is 0 Å². The number of nitrogens with zero attached hydrogens (tertiary/aromatic N) is 3. The zero-order valence-electron chi connectivity index (χ0n) is 17.5. The van der Waals surface area contributed by atoms with Gasteiger partial charge in [-0.2, -0.15) is 5.10 Å². The molecule has 0 aliphatic rings. The summed E-state index contributed by atoms with van der Waals surface area (Å²) in [5, 5.41) is 11.4. The molecule has 0 saturated carbocycles. The summed E-state index contributed by atoms with van der Waals surface area (Å²) in [6, 6.07) is 8.61. The van der Waals surface area contributed by atoms with E-state index in [1.54, 1.807) is 7.11 Å². The lowest BCUT2D eigenvalue weighted by atomic mass is 10.1. The highest BCUT2D eigenvalue weighted by Gasteiger charge is 2.14. The van der Waals surface area contributed by atoms with E-state index in [-0.39, 0.29) is 6.04 Å². The van der Waals surface area contributed by atoms with Gasteiger partial charge < -0.3 is 15.4 Å². The van der Waals surface area contributed by atoms with Crippen molar-refractivity contribution in [3.63, 3.8) is 0 Å². The number of aliphatic imine (C=N–C) groups is 1. The van der Waals surface area contributed by atoms with Crippen LogP contribution in [0.15, 0.2) is 29.3 Å². The van der Waals surface area contributed by atoms with Gasteiger partial charge in [-0.1, -0.05) is 24.3 Å². The Labute approximate surface area is 163 Å². The highest BCUT2D eigenvalue weighted by Crippen LogP contribution is 2.14. The van der Waals surface area contributed by atoms with Gasteiger partial charge in [-0.05, 0) is 50.8 Å². The van der Waals surface area contributed by atoms with Gasteiger partial charge in [-0.15, -0.1) is 0 Å². The third-order valence-corrected chi connectivity index (χ3v) is 4.62. The number of aromatic nitrogens is 2. The molecule has 0 aliphatic heterocycles. The van der Waals surface area contributed by atoms with E-state index < -0.39 is 0 Å². The van der Waals surface area contributed by atoms with Gasteiger partial charge in [0.15, 0.2) is 5.96 Å². The number of rotatable bonds is 8. The predicted molar refractivity (Wildman–Crippen MR) is 111 cm³/mol. The first-order chi connectivity index (χ1) is 12.9. The topological polar surface area (TPSA) is 63.5 Å². The lowest BCUT2D eigenvalue weighted by Gasteiger charge is -2.18. The molecule has 0 bridgehead atoms. The average molecular weight is 372 g/mol. The molecule has 2 rings (SSSR count). The Hall–Kier alpha value is -2.34. The largest absolute Gasteiger partial charge is 0.380 e. The van der Waals surface area contributed by atoms with Crippen molar-refractivity contribution >= 4 is 5.96 Å². The molecule has 0 amide bonds. The summed E-state index contributed by atoms with van der Waals surface area (Å²) >= 11 is 0. The van der Waals surface area contributed by atoms with Crippen molar-refractivity contribution in [2.45, 2.75) is 53.3 Å². The first-order valence-electron chi connectivity index (χ1n) is 9.55. The maximum absolute atomic E-state index is 5.21. The summed E-state index contributed by atoms with van der Waals surface area (Å²) in [6.45, 7) is 10.5. The number of hydrogen-bond acceptors (Lipinski definition) is 3. The minimum atomic E-state index is 0.254. The summed E-state index contributed by atoms with van der Waals surface area (Å²) in [5.41, 5.74) is 5.96. The molecule has 6 nitrogen and oxygen atoms in total. The summed E-state index contributed by atoms with van der Waals surface area (Å²) < 4.78 is 7.16. The number of guanidine groups is 1. The summed E-state index contributed by atoms with van der Waals surface area (Å²) in [7, 11) is 3.71. The first kappa shape index (κ1) is 21.0. The van der Waals surface area contributed by atoms with Gasteiger partial charge in [0.1, 0.15) is 0 Å². The van der Waals surface area contributed by atoms with Crippen LogP contribution in [-0.2, 0) is 31.4 Å². The van der Waals surface area contributed by atoms with Crippen LogP contribution in [0.3, 0.4) is 0 Å². The van der Waals surface area contributed by atoms with Crippen LogP contribution in [0.25, 0.3) is 0 Å². The Morgan fingerprint density at radius 3 is 2.67 bits per heavy atom. The zero-order valence-corrected chi connectivity index (χ0v) is 17.5. The number of benzene rings is 1. The Bertz CT molecular complexity index is 766. The van der Waals surface area contributed by atoms with Crippen LogP contribution in [0.4, 0.5) is 0 Å². The third-order valence-electron chi connectivity index (χ3n) is 4.62. The van der Waals surface area contributed by atoms with Crippen LogP contribution in [0.1, 0.15) is 41.9 Å². The fraction of sp³-hybridized carbons (Fsp3) is 0.524. The fourth-order valence-electron chi connectivity index (χ4n) is 3.18. The molecule has 1 atom stereocenters. The van der Waals surface area contributed by atoms with Crippen LogP contribution >= 0.6 is 0 Å². The maximum atomic E-state index is 5.21. The van der Waals surface area contributed by atoms with Crippen molar-refractivity contribution in [2.24, 2.45) is 12.0 Å². The standard InChI is InChI=1S/C21H33N5O/c1-7-22-21(23-13-18-9-8-10-19(12-18)14-27-6)24-15(2)11-20-16(3)25-26(5)17(20)4/h8-10,12,15H,7,11,13-14H2,1-6H3,(H2,22,23,24). The van der Waals surface area contributed by atoms with Crippen molar-refractivity contribution in [1.82, 2.24) is 20.4 Å². The van der Waals surface area contributed by atoms with E-state index in [9.17, 15) is 0 Å². The van der Waals surface area contributed by atoms with E-state index in [1.807, 2.05) is 11.7 Å². The van der Waals surface area contributed by atoms with E-state index in [2.05, 4.69) is 67.7 Å². The summed E-state index contributed by atoms with van der Waals surface area (Å²) in [6.07, 6.45) is 0.916. The van der Waals surface area contributed by atoms with Crippen molar-refractivity contribution in [1.29, 1.82) is 0 Å². The summed E-state index contributed by atoms with van der Waals surface area (Å²) in [4.78, 5) is 4.75. The minimum absolute atomic E-state index is 0.254. The molecule has 6 heteroatoms. The van der Waals surface area contributed by atoms with Gasteiger partial charge in [0.05, 0.1) is 18.8 Å². The van der Waals surface area contributed by atoms with Crippen LogP contribution in [0, 0.1) is 13.8 Å². The van der Waals surface area contributed by atoms with Crippen LogP contribution < -0.4 is 10.6 Å². The SMILES string of the molecule is CCNC(=NCc1cccc(COC)c1)NC(C)Cc1c(C)nn(C)c1C. The van der Waals surface area contributed by atoms with E-state index in [1.165, 1.54) is 22.4 Å². The quantitative estimate of drug-likeness (QED) is 0.553. The molecule has 0 radical (unpaired) electrons. The number of nitrogens with one attached hydrogen (secondary N) is 2. The fourth-order valence-corrected chi connectivity index (χ4v) is 3.18. The second kappa shape index (κ2) is 10.1. The van der Waals surface area contributed by atoms with Gasteiger partial charge in [-0.3, -0.25) is 4.68 Å². The van der Waals surface area contributed by atoms with E-state index in [0.717, 1.165) is 24.6 Å². The number of methoxy groups -OCH3 is 1. The second-order valence-electron chi connectivity index (χ2n) is 6.97. The van der Waals surface area contributed by atoms with Gasteiger partial charge >= 0.3 is 0 Å². The van der Waals surface area contributed by atoms with Crippen molar-refractivity contribution in [3.05, 3.63) is 52.3 Å². The molecular weight excluding hydrogens is 338 g/mol. The molecule has 0 saturated heterocycles. The molecule has 27 heavy (non-hydrogen) atoms. The highest BCUT2D eigenvalue weighted by atomic mass is 16.5. The Kier molecular flexibility index (Phi) is 7.85. The molecule has 1 aromatic heterocycles. The minimum Gasteiger partial charge on any atom is -0.380 e. The average Bonchev–Trinajstić information content (AvgIpc) is 2.87. The lowest BCUT2D eigenvalue weighted by Crippen LogP contribution is -2.43. The molecule has 0 spiro atoms. The molecule has 1 unspecified atom stereocenters. The Balaban J connectivity index is 2.03. The second-order valence-corrected chi connectivity index (χ2v) is 6.97. The Morgan fingerprint density at radius 1 is 1.30 bits per heavy atom. The van der Waals surface area contributed by atoms with Gasteiger partial charge in [0, 0.05) is 32.4 Å². The number of hydrogen-bond donors (Lipinski definition) is 2. The van der Waals surface area contributed by atoms with E-state index in [4.69, 9.17) is 9.73 Å². The number of ether oxygens (including phenoxy) is 1. The molecule has 0 aliphatic carbocycles. The molecular formula is C21H33N5O. The third kappa shape index (κ3) is 6.10. The molecule has 1 heterocycles. The number of aryl methyl sites for hydroxylation is 2. The van der Waals surface area contributed by atoms with E-state index in [0.29, 0.717) is 13.2 Å². The normalized spacial score (nSPS) is 12.9. The van der Waals surface area contributed by atoms with Crippen molar-refractivity contribution < 1.29 is 4.74 Å². The predicted octanol–water partition coefficient (Wildman–Crippen LogP) is 2.87. The molecule has 1 aromatic carbocycles. The zero-order chi connectivity index (χ0) is 19.8. The van der Waals surface area contributed by atoms with Crippen molar-refractivity contribution in [3.8, 4) is 0 Å². The van der Waals surface area contributed by atoms with E-state index >= 15 is 0 Å². The van der Waals surface area contributed by atoms with Crippen LogP contribution in [0.2, 0.25) is 0 Å². The molecule has 2 N–H and O–H groups in total. The van der Waals surface area contributed by atoms with Gasteiger partial charge in [-0.25, -0.2) is 4.99 Å². The molecule has 0 fully saturated rings. The lowest BCUT2D eigenvalue weighted by molar-refractivity contribution is 0.185.